The number of amides is 2. The van der Waals surface area contributed by atoms with E-state index >= 15 is 4.79 Å². The number of carbonyl (C=O) groups excluding carboxylic acids is 4. The number of carbonyl (C=O) groups is 6. The number of anilines is 4. The molecule has 8 heterocycles. The molecule has 3 fully saturated rings. The number of aromatic amines is 2. The van der Waals surface area contributed by atoms with Crippen LogP contribution in [0.3, 0.4) is 0 Å². The molecule has 1 aliphatic carbocycles. The van der Waals surface area contributed by atoms with Crippen LogP contribution >= 0.6 is 0 Å². The van der Waals surface area contributed by atoms with E-state index in [-0.39, 0.29) is 79.1 Å². The highest BCUT2D eigenvalue weighted by Gasteiger charge is 2.77. The Bertz CT molecular complexity index is 5080. The maximum atomic E-state index is 15.7. The molecule has 2 saturated heterocycles. The van der Waals surface area contributed by atoms with Crippen LogP contribution in [0.25, 0.3) is 22.1 Å². The fraction of sp³-hybridized carbons (Fsp3) is 0.446. The second-order valence-electron chi connectivity index (χ2n) is 32.3. The average Bonchev–Trinajstić information content (AvgIpc) is 1.47. The van der Waals surface area contributed by atoms with Gasteiger partial charge in [0.15, 0.2) is 16.9 Å². The largest absolute Gasteiger partial charge is 0.496 e. The summed E-state index contributed by atoms with van der Waals surface area (Å²) in [6.07, 6.45) is 6.98. The topological polar surface area (TPSA) is 390 Å². The van der Waals surface area contributed by atoms with Crippen LogP contribution in [0.2, 0.25) is 25.7 Å². The normalized spacial score (nSPS) is 25.9. The van der Waals surface area contributed by atoms with Crippen molar-refractivity contribution in [3.63, 3.8) is 0 Å². The number of nitrogens with two attached hydrogens (primary N) is 1. The number of hydrogen-bond donors (Lipinski definition) is 11. The summed E-state index contributed by atoms with van der Waals surface area (Å²) in [5.74, 6) is -3.86. The zero-order valence-electron chi connectivity index (χ0n) is 64.5. The summed E-state index contributed by atoms with van der Waals surface area (Å²) in [4.78, 5) is 120. The van der Waals surface area contributed by atoms with Gasteiger partial charge < -0.3 is 70.7 Å². The molecular weight excluding hydrogens is 1460 g/mol. The zero-order chi connectivity index (χ0) is 79.6. The monoisotopic (exact) mass is 1560 g/mol. The SMILES string of the molecule is CC[C@]1(O)CC2CN(CCc3c([nH]c4ccccc34)[C@@](C(=O)OC)(c3cc4c(cc3OC)N(C)[C@H]3[C@@](O)(CCC(=O)c5ccc([Si](C)(C)O[Si](C)(CCCC(=O)O)c6ccc(NC(=O)CC[C@H](NC(=O)c7ccc(NCc8cnc9nc(N)[nH]c(=O)c9n8)cc7)C(=O)O)cc6)cc5)[C@H](O)[C@]5(CC)C=CCN6CC[C@]43[C@H]65)C2)C1. The van der Waals surface area contributed by atoms with Crippen molar-refractivity contribution in [3.05, 3.63) is 177 Å². The molecule has 112 heavy (non-hydrogen) atoms. The molecule has 0 radical (unpaired) electrons. The van der Waals surface area contributed by atoms with Gasteiger partial charge in [0, 0.05) is 126 Å². The molecular formula is C83H100N12O15Si2. The summed E-state index contributed by atoms with van der Waals surface area (Å²) < 4.78 is 20.0. The lowest BCUT2D eigenvalue weighted by Gasteiger charge is -2.64. The Morgan fingerprint density at radius 3 is 2.25 bits per heavy atom. The van der Waals surface area contributed by atoms with Gasteiger partial charge in [0.1, 0.15) is 22.8 Å². The molecule has 590 valence electrons. The van der Waals surface area contributed by atoms with Gasteiger partial charge in [-0.1, -0.05) is 80.6 Å². The first-order chi connectivity index (χ1) is 53.4. The van der Waals surface area contributed by atoms with Gasteiger partial charge >= 0.3 is 17.9 Å². The standard InChI is InChI=1S/C83H100N12O15Si2/c1-9-79(106)43-49-44-82(77(105)109-5,69-58(33-38-94(47-49)48-79)57-15-11-12-16-61(57)89-69)60-41-59-63(42-65(60)108-4)93(3)75-81(59)36-39-95-37-14-34-80(10-2,74(81)95)76(104)83(75,107)35-32-64(96)50-20-26-55(27-21-50)111(6,7)110-112(8,40-13-17-67(98)99)56-28-24-53(25-29-56)87-66(97)31-30-62(73(102)103)90-71(100)51-18-22-52(23-19-51)85-45-54-46-86-70-68(88-54)72(101)92-78(84)91-70/h11-12,14-16,18-29,34,41-42,46,49,62,74-76,85,89,104,106-107H,9-10,13,17,30-33,35-40,43-45,47-48H2,1-8H3,(H,87,97)(H,90,100)(H,98,99)(H,102,103)(H3,84,86,91,92,101)/t49?,62-,74+,75+,76+,79-,80+,81+,82-,83-,112?/m0/s1. The maximum Gasteiger partial charge on any atom is 0.326 e. The number of aliphatic hydroxyl groups excluding tert-OH is 1. The number of ether oxygens (including phenoxy) is 2. The van der Waals surface area contributed by atoms with Crippen LogP contribution in [0.15, 0.2) is 132 Å². The number of aliphatic carboxylic acids is 2. The van der Waals surface area contributed by atoms with Crippen molar-refractivity contribution in [2.24, 2.45) is 11.3 Å². The minimum Gasteiger partial charge on any atom is -0.496 e. The molecule has 1 spiro atoms. The molecule has 6 aliphatic rings. The van der Waals surface area contributed by atoms with Crippen LogP contribution in [-0.4, -0.2) is 202 Å². The number of benzene rings is 5. The van der Waals surface area contributed by atoms with Crippen LogP contribution < -0.4 is 47.3 Å². The first kappa shape index (κ1) is 78.7. The molecule has 27 nitrogen and oxygen atoms in total. The van der Waals surface area contributed by atoms with Gasteiger partial charge in [-0.3, -0.25) is 43.6 Å². The number of nitrogens with one attached hydrogen (secondary N) is 5. The van der Waals surface area contributed by atoms with Crippen molar-refractivity contribution in [1.82, 2.24) is 40.0 Å². The van der Waals surface area contributed by atoms with E-state index < -0.39 is 97.6 Å². The predicted molar refractivity (Wildman–Crippen MR) is 429 cm³/mol. The average molecular weight is 1560 g/mol. The van der Waals surface area contributed by atoms with E-state index in [9.17, 15) is 54.3 Å². The highest BCUT2D eigenvalue weighted by molar-refractivity contribution is 6.97. The first-order valence-corrected chi connectivity index (χ1v) is 44.2. The highest BCUT2D eigenvalue weighted by atomic mass is 28.4. The van der Waals surface area contributed by atoms with Gasteiger partial charge in [0.2, 0.25) is 28.5 Å². The molecule has 2 bridgehead atoms. The van der Waals surface area contributed by atoms with E-state index in [1.807, 2.05) is 69.0 Å². The summed E-state index contributed by atoms with van der Waals surface area (Å²) in [7, 11) is -0.912. The number of nitrogens with zero attached hydrogens (tertiary/aromatic N) is 6. The number of fused-ring (bicyclic) bond motifs is 7. The van der Waals surface area contributed by atoms with Crippen molar-refractivity contribution >= 4 is 108 Å². The second kappa shape index (κ2) is 30.5. The third-order valence-corrected chi connectivity index (χ3v) is 33.7. The predicted octanol–water partition coefficient (Wildman–Crippen LogP) is 7.51. The van der Waals surface area contributed by atoms with Crippen molar-refractivity contribution in [2.45, 2.75) is 169 Å². The molecule has 3 unspecified atom stereocenters. The number of Topliss-reactive ketones (excluding diaryl/α,β-unsaturated/α-hetero) is 1. The number of methoxy groups -OCH3 is 2. The lowest BCUT2D eigenvalue weighted by atomic mass is 9.47. The smallest absolute Gasteiger partial charge is 0.326 e. The Morgan fingerprint density at radius 1 is 0.821 bits per heavy atom. The molecule has 12 atom stereocenters. The van der Waals surface area contributed by atoms with Gasteiger partial charge in [-0.05, 0) is 166 Å². The van der Waals surface area contributed by atoms with E-state index in [4.69, 9.17) is 19.3 Å². The fourth-order valence-corrected chi connectivity index (χ4v) is 28.9. The van der Waals surface area contributed by atoms with Gasteiger partial charge in [-0.15, -0.1) is 0 Å². The molecule has 14 rings (SSSR count). The highest BCUT2D eigenvalue weighted by Crippen LogP contribution is 2.68. The number of rotatable bonds is 27. The lowest BCUT2D eigenvalue weighted by molar-refractivity contribution is -0.201. The van der Waals surface area contributed by atoms with Crippen LogP contribution in [0.5, 0.6) is 5.75 Å². The van der Waals surface area contributed by atoms with Gasteiger partial charge in [0.25, 0.3) is 11.5 Å². The van der Waals surface area contributed by atoms with Gasteiger partial charge in [-0.2, -0.15) is 4.98 Å². The summed E-state index contributed by atoms with van der Waals surface area (Å²) >= 11 is 0. The number of ketones is 1. The van der Waals surface area contributed by atoms with Crippen LogP contribution in [0, 0.1) is 11.3 Å². The van der Waals surface area contributed by atoms with Crippen molar-refractivity contribution in [1.29, 1.82) is 0 Å². The molecule has 5 aliphatic heterocycles. The summed E-state index contributed by atoms with van der Waals surface area (Å²) in [5, 5.41) is 70.9. The molecule has 5 aromatic carbocycles. The fourth-order valence-electron chi connectivity index (χ4n) is 20.1. The van der Waals surface area contributed by atoms with Crippen LogP contribution in [0.4, 0.5) is 23.0 Å². The number of para-hydroxylation sites is 1. The Balaban J connectivity index is 0.672. The van der Waals surface area contributed by atoms with Gasteiger partial charge in [-0.25, -0.2) is 14.8 Å². The minimum atomic E-state index is -3.02. The molecule has 8 aromatic rings. The number of nitrogen functional groups attached to an aromatic ring is 1. The van der Waals surface area contributed by atoms with Crippen LogP contribution in [-0.2, 0) is 51.8 Å². The zero-order valence-corrected chi connectivity index (χ0v) is 66.5. The number of likely N-dealkylation sites (N-methyl/N-ethyl adjacent to an activating group) is 1. The number of H-pyrrole nitrogens is 2. The number of piperidine rings is 1. The number of carboxylic acids is 2. The van der Waals surface area contributed by atoms with E-state index in [1.165, 1.54) is 25.4 Å². The third kappa shape index (κ3) is 14.1. The third-order valence-electron chi connectivity index (χ3n) is 25.3. The van der Waals surface area contributed by atoms with Gasteiger partial charge in [0.05, 0.1) is 50.4 Å². The number of esters is 1. The maximum absolute atomic E-state index is 15.7. The molecule has 1 saturated carbocycles. The Hall–Kier alpha value is -9.99. The lowest BCUT2D eigenvalue weighted by Crippen LogP contribution is -2.78. The Morgan fingerprint density at radius 2 is 1.54 bits per heavy atom. The Kier molecular flexibility index (Phi) is 21.4. The molecule has 29 heteroatoms. The summed E-state index contributed by atoms with van der Waals surface area (Å²) in [6.45, 7) is 13.6. The summed E-state index contributed by atoms with van der Waals surface area (Å²) in [6, 6.07) is 31.1. The van der Waals surface area contributed by atoms with Crippen molar-refractivity contribution in [3.8, 4) is 5.75 Å². The quantitative estimate of drug-likeness (QED) is 0.0103. The number of aromatic nitrogens is 5. The molecule has 12 N–H and O–H groups in total. The minimum absolute atomic E-state index is 0.0267. The first-order valence-electron chi connectivity index (χ1n) is 38.7. The Labute approximate surface area is 651 Å². The molecule has 3 aromatic heterocycles. The van der Waals surface area contributed by atoms with Crippen LogP contribution in [0.1, 0.15) is 133 Å². The van der Waals surface area contributed by atoms with E-state index in [0.717, 1.165) is 43.8 Å². The number of carboxylic acid groups (broad SMARTS) is 2. The second-order valence-corrected chi connectivity index (χ2v) is 40.3. The van der Waals surface area contributed by atoms with Crippen molar-refractivity contribution < 1.29 is 67.9 Å². The van der Waals surface area contributed by atoms with E-state index in [2.05, 4.69) is 99.9 Å². The van der Waals surface area contributed by atoms with E-state index in [1.54, 1.807) is 43.5 Å². The number of aliphatic hydroxyl groups is 3. The molecule has 2 amide bonds. The summed E-state index contributed by atoms with van der Waals surface area (Å²) in [5.41, 5.74) is 6.09. The van der Waals surface area contributed by atoms with E-state index in [0.29, 0.717) is 118 Å². The van der Waals surface area contributed by atoms with Crippen molar-refractivity contribution in [2.75, 3.05) is 75.3 Å². The number of hydrogen-bond acceptors (Lipinski definition) is 21.